The van der Waals surface area contributed by atoms with Crippen LogP contribution in [0.1, 0.15) is 42.2 Å². The Morgan fingerprint density at radius 2 is 1.91 bits per heavy atom. The molecule has 33 heavy (non-hydrogen) atoms. The van der Waals surface area contributed by atoms with Gasteiger partial charge in [0.2, 0.25) is 11.8 Å². The highest BCUT2D eigenvalue weighted by atomic mass is 35.5. The Labute approximate surface area is 199 Å². The van der Waals surface area contributed by atoms with Crippen molar-refractivity contribution < 1.29 is 19.7 Å². The number of ether oxygens (including phenoxy) is 1. The van der Waals surface area contributed by atoms with Gasteiger partial charge in [0.15, 0.2) is 0 Å². The minimum atomic E-state index is -0.695. The Morgan fingerprint density at radius 1 is 1.24 bits per heavy atom. The fraction of sp³-hybridized carbons (Fsp3) is 0.565. The van der Waals surface area contributed by atoms with Gasteiger partial charge in [-0.15, -0.1) is 0 Å². The first-order chi connectivity index (χ1) is 15.9. The SMILES string of the molecule is Cc1nc(OCCC(C)C2CCN(c3ncc(Cl)cn3)CC2)ccc1C(=O)NC(CO)CO. The molecule has 1 saturated heterocycles. The summed E-state index contributed by atoms with van der Waals surface area (Å²) in [4.78, 5) is 27.5. The van der Waals surface area contributed by atoms with Crippen molar-refractivity contribution >= 4 is 23.5 Å². The van der Waals surface area contributed by atoms with Crippen LogP contribution in [0.15, 0.2) is 24.5 Å². The molecule has 0 radical (unpaired) electrons. The summed E-state index contributed by atoms with van der Waals surface area (Å²) >= 11 is 5.87. The third-order valence-electron chi connectivity index (χ3n) is 6.14. The molecule has 3 N–H and O–H groups in total. The smallest absolute Gasteiger partial charge is 0.253 e. The molecule has 1 aliphatic rings. The number of aromatic nitrogens is 3. The van der Waals surface area contributed by atoms with Gasteiger partial charge in [-0.05, 0) is 44.1 Å². The van der Waals surface area contributed by atoms with E-state index in [0.29, 0.717) is 40.6 Å². The fourth-order valence-electron chi connectivity index (χ4n) is 3.99. The number of anilines is 1. The molecule has 1 unspecified atom stereocenters. The summed E-state index contributed by atoms with van der Waals surface area (Å²) in [6, 6.07) is 2.63. The molecule has 1 amide bonds. The van der Waals surface area contributed by atoms with Crippen LogP contribution in [0.25, 0.3) is 0 Å². The minimum absolute atomic E-state index is 0.331. The van der Waals surface area contributed by atoms with E-state index in [1.165, 1.54) is 0 Å². The summed E-state index contributed by atoms with van der Waals surface area (Å²) < 4.78 is 5.84. The van der Waals surface area contributed by atoms with Crippen molar-refractivity contribution in [1.29, 1.82) is 0 Å². The van der Waals surface area contributed by atoms with Crippen molar-refractivity contribution in [3.63, 3.8) is 0 Å². The Hall–Kier alpha value is -2.49. The molecule has 2 aromatic heterocycles. The van der Waals surface area contributed by atoms with Crippen molar-refractivity contribution in [2.75, 3.05) is 37.8 Å². The Balaban J connectivity index is 1.43. The van der Waals surface area contributed by atoms with E-state index >= 15 is 0 Å². The highest BCUT2D eigenvalue weighted by molar-refractivity contribution is 6.30. The standard InChI is InChI=1S/C23H32ClN5O4/c1-15(17-5-8-29(9-6-17)23-25-11-18(24)12-26-23)7-10-33-21-4-3-20(16(2)27-21)22(32)28-19(13-30)14-31/h3-4,11-12,15,17,19,30-31H,5-10,13-14H2,1-2H3,(H,28,32). The zero-order chi connectivity index (χ0) is 23.8. The van der Waals surface area contributed by atoms with Crippen LogP contribution in [-0.4, -0.2) is 70.0 Å². The number of nitrogens with zero attached hydrogens (tertiary/aromatic N) is 4. The van der Waals surface area contributed by atoms with Gasteiger partial charge in [0, 0.05) is 19.2 Å². The topological polar surface area (TPSA) is 121 Å². The van der Waals surface area contributed by atoms with E-state index < -0.39 is 6.04 Å². The highest BCUT2D eigenvalue weighted by Gasteiger charge is 2.25. The lowest BCUT2D eigenvalue weighted by molar-refractivity contribution is 0.0878. The van der Waals surface area contributed by atoms with Gasteiger partial charge in [0.25, 0.3) is 5.91 Å². The number of amides is 1. The van der Waals surface area contributed by atoms with Gasteiger partial charge in [-0.3, -0.25) is 4.79 Å². The van der Waals surface area contributed by atoms with Crippen molar-refractivity contribution in [1.82, 2.24) is 20.3 Å². The summed E-state index contributed by atoms with van der Waals surface area (Å²) in [5, 5.41) is 21.4. The van der Waals surface area contributed by atoms with Crippen LogP contribution >= 0.6 is 11.6 Å². The van der Waals surface area contributed by atoms with E-state index in [9.17, 15) is 4.79 Å². The molecule has 0 aliphatic carbocycles. The second-order valence-corrected chi connectivity index (χ2v) is 8.89. The summed E-state index contributed by atoms with van der Waals surface area (Å²) in [5.41, 5.74) is 0.920. The zero-order valence-corrected chi connectivity index (χ0v) is 19.8. The molecule has 1 aliphatic heterocycles. The molecule has 9 nitrogen and oxygen atoms in total. The summed E-state index contributed by atoms with van der Waals surface area (Å²) in [7, 11) is 0. The van der Waals surface area contributed by atoms with E-state index in [-0.39, 0.29) is 19.1 Å². The molecule has 3 heterocycles. The van der Waals surface area contributed by atoms with Crippen LogP contribution in [0.3, 0.4) is 0 Å². The average molecular weight is 478 g/mol. The number of piperidine rings is 1. The number of aliphatic hydroxyl groups excluding tert-OH is 2. The van der Waals surface area contributed by atoms with Crippen molar-refractivity contribution in [2.45, 2.75) is 39.2 Å². The molecule has 0 aromatic carbocycles. The molecule has 0 bridgehead atoms. The predicted molar refractivity (Wildman–Crippen MR) is 126 cm³/mol. The van der Waals surface area contributed by atoms with Crippen molar-refractivity contribution in [2.24, 2.45) is 11.8 Å². The van der Waals surface area contributed by atoms with E-state index in [2.05, 4.69) is 32.1 Å². The van der Waals surface area contributed by atoms with Gasteiger partial charge in [-0.2, -0.15) is 0 Å². The molecule has 2 aromatic rings. The Bertz CT molecular complexity index is 902. The third kappa shape index (κ3) is 6.99. The fourth-order valence-corrected chi connectivity index (χ4v) is 4.09. The van der Waals surface area contributed by atoms with Gasteiger partial charge >= 0.3 is 0 Å². The predicted octanol–water partition coefficient (Wildman–Crippen LogP) is 2.24. The second-order valence-electron chi connectivity index (χ2n) is 8.46. The number of aliphatic hydroxyl groups is 2. The van der Waals surface area contributed by atoms with Crippen LogP contribution < -0.4 is 15.0 Å². The summed E-state index contributed by atoms with van der Waals surface area (Å²) in [6.07, 6.45) is 6.34. The first kappa shape index (κ1) is 25.1. The maximum Gasteiger partial charge on any atom is 0.253 e. The number of halogens is 1. The van der Waals surface area contributed by atoms with E-state index in [1.807, 2.05) is 0 Å². The van der Waals surface area contributed by atoms with Crippen molar-refractivity contribution in [3.8, 4) is 5.88 Å². The van der Waals surface area contributed by atoms with Gasteiger partial charge in [-0.25, -0.2) is 15.0 Å². The molecule has 1 atom stereocenters. The maximum absolute atomic E-state index is 12.3. The maximum atomic E-state index is 12.3. The monoisotopic (exact) mass is 477 g/mol. The second kappa shape index (κ2) is 12.1. The summed E-state index contributed by atoms with van der Waals surface area (Å²) in [5.74, 6) is 1.95. The number of carbonyl (C=O) groups is 1. The molecular formula is C23H32ClN5O4. The summed E-state index contributed by atoms with van der Waals surface area (Å²) in [6.45, 7) is 5.73. The average Bonchev–Trinajstić information content (AvgIpc) is 2.83. The third-order valence-corrected chi connectivity index (χ3v) is 6.33. The lowest BCUT2D eigenvalue weighted by atomic mass is 9.84. The van der Waals surface area contributed by atoms with E-state index in [4.69, 9.17) is 26.6 Å². The molecular weight excluding hydrogens is 446 g/mol. The van der Waals surface area contributed by atoms with Crippen LogP contribution in [-0.2, 0) is 0 Å². The molecule has 0 saturated carbocycles. The first-order valence-electron chi connectivity index (χ1n) is 11.3. The lowest BCUT2D eigenvalue weighted by Gasteiger charge is -2.34. The van der Waals surface area contributed by atoms with Gasteiger partial charge in [0.1, 0.15) is 0 Å². The number of rotatable bonds is 10. The molecule has 1 fully saturated rings. The van der Waals surface area contributed by atoms with Crippen molar-refractivity contribution in [3.05, 3.63) is 40.8 Å². The van der Waals surface area contributed by atoms with Crippen LogP contribution in [0.2, 0.25) is 5.02 Å². The van der Waals surface area contributed by atoms with Gasteiger partial charge in [0.05, 0.1) is 54.5 Å². The Kier molecular flexibility index (Phi) is 9.22. The Morgan fingerprint density at radius 3 is 2.52 bits per heavy atom. The number of nitrogens with one attached hydrogen (secondary N) is 1. The number of carbonyl (C=O) groups excluding carboxylic acids is 1. The molecule has 0 spiro atoms. The minimum Gasteiger partial charge on any atom is -0.478 e. The van der Waals surface area contributed by atoms with E-state index in [1.54, 1.807) is 31.5 Å². The largest absolute Gasteiger partial charge is 0.478 e. The number of hydrogen-bond donors (Lipinski definition) is 3. The molecule has 180 valence electrons. The first-order valence-corrected chi connectivity index (χ1v) is 11.6. The molecule has 10 heteroatoms. The van der Waals surface area contributed by atoms with Gasteiger partial charge in [-0.1, -0.05) is 18.5 Å². The normalized spacial score (nSPS) is 15.5. The van der Waals surface area contributed by atoms with Gasteiger partial charge < -0.3 is 25.2 Å². The number of aryl methyl sites for hydroxylation is 1. The lowest BCUT2D eigenvalue weighted by Crippen LogP contribution is -2.40. The number of hydrogen-bond acceptors (Lipinski definition) is 8. The zero-order valence-electron chi connectivity index (χ0n) is 19.1. The van der Waals surface area contributed by atoms with E-state index in [0.717, 1.165) is 38.3 Å². The highest BCUT2D eigenvalue weighted by Crippen LogP contribution is 2.28. The molecule has 3 rings (SSSR count). The quantitative estimate of drug-likeness (QED) is 0.476. The van der Waals surface area contributed by atoms with Crippen LogP contribution in [0.4, 0.5) is 5.95 Å². The van der Waals surface area contributed by atoms with Crippen LogP contribution in [0, 0.1) is 18.8 Å². The van der Waals surface area contributed by atoms with Crippen LogP contribution in [0.5, 0.6) is 5.88 Å². The number of pyridine rings is 1.